The molecule has 0 aromatic carbocycles. The maximum atomic E-state index is 5.51. The van der Waals surface area contributed by atoms with Crippen molar-refractivity contribution < 1.29 is 14.2 Å². The van der Waals surface area contributed by atoms with E-state index >= 15 is 0 Å². The summed E-state index contributed by atoms with van der Waals surface area (Å²) in [6, 6.07) is 0. The Bertz CT molecular complexity index is 181. The highest BCUT2D eigenvalue weighted by atomic mass is 16.7. The van der Waals surface area contributed by atoms with Gasteiger partial charge in [-0.25, -0.2) is 0 Å². The summed E-state index contributed by atoms with van der Waals surface area (Å²) in [5.41, 5.74) is 0.176. The van der Waals surface area contributed by atoms with Crippen molar-refractivity contribution in [2.45, 2.75) is 44.5 Å². The molecular formula is C10H18O3. The molecule has 76 valence electrons. The van der Waals surface area contributed by atoms with E-state index < -0.39 is 0 Å². The molecule has 3 heteroatoms. The molecule has 2 heterocycles. The molecule has 0 spiro atoms. The van der Waals surface area contributed by atoms with E-state index in [9.17, 15) is 0 Å². The minimum absolute atomic E-state index is 0.176. The van der Waals surface area contributed by atoms with E-state index in [0.717, 1.165) is 39.1 Å². The highest BCUT2D eigenvalue weighted by molar-refractivity contribution is 4.87. The monoisotopic (exact) mass is 186 g/mol. The minimum atomic E-state index is -0.314. The molecule has 0 amide bonds. The fourth-order valence-electron chi connectivity index (χ4n) is 1.75. The quantitative estimate of drug-likeness (QED) is 0.626. The Labute approximate surface area is 79.4 Å². The van der Waals surface area contributed by atoms with Crippen LogP contribution in [0.4, 0.5) is 0 Å². The Morgan fingerprint density at radius 3 is 2.15 bits per heavy atom. The molecule has 2 aliphatic heterocycles. The molecular weight excluding hydrogens is 168 g/mol. The third-order valence-electron chi connectivity index (χ3n) is 2.87. The molecule has 0 aromatic rings. The van der Waals surface area contributed by atoms with E-state index in [4.69, 9.17) is 14.2 Å². The molecule has 0 bridgehead atoms. The van der Waals surface area contributed by atoms with Gasteiger partial charge >= 0.3 is 0 Å². The maximum Gasteiger partial charge on any atom is 0.165 e. The lowest BCUT2D eigenvalue weighted by Gasteiger charge is -2.22. The van der Waals surface area contributed by atoms with Crippen LogP contribution in [0.2, 0.25) is 0 Å². The molecule has 2 rings (SSSR count). The summed E-state index contributed by atoms with van der Waals surface area (Å²) in [6.07, 6.45) is 3.22. The van der Waals surface area contributed by atoms with Gasteiger partial charge in [0.2, 0.25) is 0 Å². The number of hydrogen-bond acceptors (Lipinski definition) is 3. The third-order valence-corrected chi connectivity index (χ3v) is 2.87. The van der Waals surface area contributed by atoms with Crippen LogP contribution in [0, 0.1) is 0 Å². The van der Waals surface area contributed by atoms with Crippen LogP contribution in [-0.4, -0.2) is 31.2 Å². The zero-order valence-electron chi connectivity index (χ0n) is 8.47. The summed E-state index contributed by atoms with van der Waals surface area (Å²) >= 11 is 0. The Balaban J connectivity index is 1.66. The van der Waals surface area contributed by atoms with Crippen LogP contribution in [0.15, 0.2) is 0 Å². The lowest BCUT2D eigenvalue weighted by atomic mass is 10.0. The predicted molar refractivity (Wildman–Crippen MR) is 48.5 cm³/mol. The third kappa shape index (κ3) is 2.42. The molecule has 13 heavy (non-hydrogen) atoms. The standard InChI is InChI=1S/C10H18O3/c1-9(8-13-9)4-3-5-10(2)11-6-7-12-10/h3-8H2,1-2H3/t9-/m0/s1. The van der Waals surface area contributed by atoms with E-state index in [1.54, 1.807) is 0 Å². The van der Waals surface area contributed by atoms with E-state index in [1.165, 1.54) is 0 Å². The SMILES string of the molecule is CC1(CCC[C@@]2(C)CO2)OCCO1. The van der Waals surface area contributed by atoms with Gasteiger partial charge in [0.25, 0.3) is 0 Å². The molecule has 0 saturated carbocycles. The number of ether oxygens (including phenoxy) is 3. The molecule has 0 unspecified atom stereocenters. The van der Waals surface area contributed by atoms with Gasteiger partial charge in [0.15, 0.2) is 5.79 Å². The zero-order valence-corrected chi connectivity index (χ0v) is 8.47. The molecule has 0 aromatic heterocycles. The van der Waals surface area contributed by atoms with Crippen molar-refractivity contribution in [1.82, 2.24) is 0 Å². The molecule has 3 nitrogen and oxygen atoms in total. The van der Waals surface area contributed by atoms with Crippen molar-refractivity contribution in [2.75, 3.05) is 19.8 Å². The molecule has 2 fully saturated rings. The van der Waals surface area contributed by atoms with Crippen LogP contribution in [0.1, 0.15) is 33.1 Å². The van der Waals surface area contributed by atoms with E-state index in [1.807, 2.05) is 6.92 Å². The Morgan fingerprint density at radius 2 is 1.62 bits per heavy atom. The van der Waals surface area contributed by atoms with Crippen molar-refractivity contribution in [2.24, 2.45) is 0 Å². The average Bonchev–Trinajstić information content (AvgIpc) is 2.62. The van der Waals surface area contributed by atoms with Crippen molar-refractivity contribution in [3.05, 3.63) is 0 Å². The number of hydrogen-bond donors (Lipinski definition) is 0. The van der Waals surface area contributed by atoms with Gasteiger partial charge in [-0.3, -0.25) is 0 Å². The van der Waals surface area contributed by atoms with Crippen LogP contribution < -0.4 is 0 Å². The van der Waals surface area contributed by atoms with Gasteiger partial charge in [0.1, 0.15) is 0 Å². The van der Waals surface area contributed by atoms with Crippen LogP contribution >= 0.6 is 0 Å². The van der Waals surface area contributed by atoms with Gasteiger partial charge in [-0.1, -0.05) is 0 Å². The fourth-order valence-corrected chi connectivity index (χ4v) is 1.75. The molecule has 1 atom stereocenters. The van der Waals surface area contributed by atoms with Crippen molar-refractivity contribution in [1.29, 1.82) is 0 Å². The molecule has 0 aliphatic carbocycles. The first-order valence-corrected chi connectivity index (χ1v) is 5.04. The van der Waals surface area contributed by atoms with Gasteiger partial charge in [-0.2, -0.15) is 0 Å². The average molecular weight is 186 g/mol. The van der Waals surface area contributed by atoms with Gasteiger partial charge in [0.05, 0.1) is 25.4 Å². The first kappa shape index (κ1) is 9.44. The second-order valence-corrected chi connectivity index (χ2v) is 4.42. The summed E-state index contributed by atoms with van der Waals surface area (Å²) < 4.78 is 16.3. The maximum absolute atomic E-state index is 5.51. The molecule has 0 N–H and O–H groups in total. The summed E-state index contributed by atoms with van der Waals surface area (Å²) in [6.45, 7) is 6.59. The van der Waals surface area contributed by atoms with Crippen LogP contribution in [0.25, 0.3) is 0 Å². The topological polar surface area (TPSA) is 31.0 Å². The van der Waals surface area contributed by atoms with Gasteiger partial charge in [-0.05, 0) is 26.7 Å². The van der Waals surface area contributed by atoms with Crippen LogP contribution in [-0.2, 0) is 14.2 Å². The summed E-state index contributed by atoms with van der Waals surface area (Å²) in [7, 11) is 0. The van der Waals surface area contributed by atoms with E-state index in [2.05, 4.69) is 6.92 Å². The Kier molecular flexibility index (Phi) is 2.34. The Morgan fingerprint density at radius 1 is 1.00 bits per heavy atom. The van der Waals surface area contributed by atoms with E-state index in [-0.39, 0.29) is 11.4 Å². The van der Waals surface area contributed by atoms with Gasteiger partial charge in [0, 0.05) is 6.42 Å². The van der Waals surface area contributed by atoms with Crippen molar-refractivity contribution >= 4 is 0 Å². The highest BCUT2D eigenvalue weighted by Gasteiger charge is 2.39. The largest absolute Gasteiger partial charge is 0.370 e. The summed E-state index contributed by atoms with van der Waals surface area (Å²) in [5.74, 6) is -0.314. The summed E-state index contributed by atoms with van der Waals surface area (Å²) in [5, 5.41) is 0. The Hall–Kier alpha value is -0.120. The lowest BCUT2D eigenvalue weighted by Crippen LogP contribution is -2.25. The number of rotatable bonds is 4. The van der Waals surface area contributed by atoms with Crippen LogP contribution in [0.5, 0.6) is 0 Å². The van der Waals surface area contributed by atoms with Crippen molar-refractivity contribution in [3.8, 4) is 0 Å². The minimum Gasteiger partial charge on any atom is -0.370 e. The molecule has 2 saturated heterocycles. The number of epoxide rings is 1. The molecule has 2 aliphatic rings. The molecule has 0 radical (unpaired) electrons. The smallest absolute Gasteiger partial charge is 0.165 e. The second kappa shape index (κ2) is 3.23. The van der Waals surface area contributed by atoms with E-state index in [0.29, 0.717) is 0 Å². The second-order valence-electron chi connectivity index (χ2n) is 4.42. The first-order chi connectivity index (χ1) is 6.12. The van der Waals surface area contributed by atoms with Crippen LogP contribution in [0.3, 0.4) is 0 Å². The van der Waals surface area contributed by atoms with Gasteiger partial charge in [-0.15, -0.1) is 0 Å². The fraction of sp³-hybridized carbons (Fsp3) is 1.00. The van der Waals surface area contributed by atoms with Gasteiger partial charge < -0.3 is 14.2 Å². The summed E-state index contributed by atoms with van der Waals surface area (Å²) in [4.78, 5) is 0. The zero-order chi connectivity index (χ0) is 9.36. The van der Waals surface area contributed by atoms with Crippen molar-refractivity contribution in [3.63, 3.8) is 0 Å². The normalized spacial score (nSPS) is 36.5. The first-order valence-electron chi connectivity index (χ1n) is 5.04. The lowest BCUT2D eigenvalue weighted by molar-refractivity contribution is -0.147. The highest BCUT2D eigenvalue weighted by Crippen LogP contribution is 2.34. The predicted octanol–water partition coefficient (Wildman–Crippen LogP) is 1.71.